The number of hydrogen-bond acceptors (Lipinski definition) is 8. The number of methoxy groups -OCH3 is 1. The van der Waals surface area contributed by atoms with Gasteiger partial charge in [-0.05, 0) is 68.3 Å². The summed E-state index contributed by atoms with van der Waals surface area (Å²) in [5.41, 5.74) is 2.49. The van der Waals surface area contributed by atoms with Gasteiger partial charge in [0.05, 0.1) is 41.6 Å². The number of fused-ring (bicyclic) bond motifs is 1. The van der Waals surface area contributed by atoms with Crippen LogP contribution in [0.15, 0.2) is 79.3 Å². The van der Waals surface area contributed by atoms with Crippen LogP contribution >= 0.6 is 11.6 Å². The molecule has 0 unspecified atom stereocenters. The lowest BCUT2D eigenvalue weighted by Gasteiger charge is -2.21. The van der Waals surface area contributed by atoms with Crippen LogP contribution < -0.4 is 4.74 Å². The highest BCUT2D eigenvalue weighted by Crippen LogP contribution is 2.32. The van der Waals surface area contributed by atoms with E-state index in [0.29, 0.717) is 11.4 Å². The topological polar surface area (TPSA) is 118 Å². The zero-order chi connectivity index (χ0) is 34.2. The number of carbonyl (C=O) groups excluding carboxylic acids is 3. The molecule has 1 aliphatic heterocycles. The third-order valence-corrected chi connectivity index (χ3v) is 8.04. The van der Waals surface area contributed by atoms with E-state index in [9.17, 15) is 18.8 Å². The van der Waals surface area contributed by atoms with Crippen LogP contribution in [-0.4, -0.2) is 73.7 Å². The molecule has 0 aliphatic carbocycles. The average molecular weight is 674 g/mol. The first-order chi connectivity index (χ1) is 22.9. The molecule has 0 spiro atoms. The van der Waals surface area contributed by atoms with E-state index in [1.54, 1.807) is 4.68 Å². The van der Waals surface area contributed by atoms with Crippen molar-refractivity contribution < 1.29 is 33.0 Å². The van der Waals surface area contributed by atoms with Crippen molar-refractivity contribution in [3.05, 3.63) is 95.7 Å². The third-order valence-electron chi connectivity index (χ3n) is 7.74. The van der Waals surface area contributed by atoms with Gasteiger partial charge in [0.2, 0.25) is 0 Å². The van der Waals surface area contributed by atoms with Gasteiger partial charge in [-0.1, -0.05) is 35.9 Å². The van der Waals surface area contributed by atoms with E-state index in [2.05, 4.69) is 10.2 Å². The number of hydrogen-bond donors (Lipinski definition) is 0. The number of carbonyl (C=O) groups is 3. The Morgan fingerprint density at radius 1 is 1.04 bits per heavy atom. The zero-order valence-corrected chi connectivity index (χ0v) is 27.5. The standard InChI is InChI=1S/C35H33ClFN5O6/c1-35(2,3)48-32(43)20-40-19-27-26(9-6-10-29(27)39-40)21-7-5-8-24(13-21)47-25-15-31(34(45)46-4)41(18-25)33(44)22-16-38-42(17-22)30-12-11-23(37)14-28(30)36/h5-14,16-17,19,25,31H,15,18,20H2,1-4H3/t25-,31-/m0/s1. The van der Waals surface area contributed by atoms with Crippen LogP contribution in [0, 0.1) is 5.82 Å². The maximum Gasteiger partial charge on any atom is 0.328 e. The summed E-state index contributed by atoms with van der Waals surface area (Å²) in [6, 6.07) is 16.2. The lowest BCUT2D eigenvalue weighted by molar-refractivity contribution is -0.155. The summed E-state index contributed by atoms with van der Waals surface area (Å²) in [6.45, 7) is 5.55. The second-order valence-electron chi connectivity index (χ2n) is 12.4. The summed E-state index contributed by atoms with van der Waals surface area (Å²) in [6.07, 6.45) is 4.36. The molecule has 0 saturated carbocycles. The van der Waals surface area contributed by atoms with Crippen LogP contribution in [0.5, 0.6) is 5.75 Å². The molecule has 248 valence electrons. The number of benzene rings is 3. The van der Waals surface area contributed by atoms with Crippen molar-refractivity contribution in [1.29, 1.82) is 0 Å². The molecule has 48 heavy (non-hydrogen) atoms. The highest BCUT2D eigenvalue weighted by molar-refractivity contribution is 6.32. The van der Waals surface area contributed by atoms with Gasteiger partial charge in [0.15, 0.2) is 0 Å². The van der Waals surface area contributed by atoms with Crippen molar-refractivity contribution in [3.8, 4) is 22.6 Å². The first kappa shape index (κ1) is 32.7. The molecule has 1 fully saturated rings. The maximum absolute atomic E-state index is 13.6. The molecule has 0 N–H and O–H groups in total. The van der Waals surface area contributed by atoms with Crippen LogP contribution in [0.25, 0.3) is 27.7 Å². The molecule has 0 radical (unpaired) electrons. The van der Waals surface area contributed by atoms with Crippen LogP contribution in [-0.2, 0) is 25.6 Å². The number of amides is 1. The number of halogens is 2. The molecule has 1 aliphatic rings. The van der Waals surface area contributed by atoms with Gasteiger partial charge in [0.25, 0.3) is 5.91 Å². The van der Waals surface area contributed by atoms with Crippen LogP contribution in [0.3, 0.4) is 0 Å². The van der Waals surface area contributed by atoms with E-state index < -0.39 is 35.4 Å². The number of likely N-dealkylation sites (tertiary alicyclic amines) is 1. The second kappa shape index (κ2) is 13.1. The highest BCUT2D eigenvalue weighted by atomic mass is 35.5. The van der Waals surface area contributed by atoms with Gasteiger partial charge in [-0.15, -0.1) is 0 Å². The maximum atomic E-state index is 13.6. The molecule has 0 bridgehead atoms. The summed E-state index contributed by atoms with van der Waals surface area (Å²) >= 11 is 6.18. The summed E-state index contributed by atoms with van der Waals surface area (Å²) in [5.74, 6) is -1.33. The fourth-order valence-electron chi connectivity index (χ4n) is 5.72. The first-order valence-corrected chi connectivity index (χ1v) is 15.6. The molecule has 2 atom stereocenters. The zero-order valence-electron chi connectivity index (χ0n) is 26.7. The number of ether oxygens (including phenoxy) is 3. The van der Waals surface area contributed by atoms with Crippen LogP contribution in [0.1, 0.15) is 37.6 Å². The lowest BCUT2D eigenvalue weighted by atomic mass is 10.0. The van der Waals surface area contributed by atoms with Gasteiger partial charge in [0, 0.05) is 24.2 Å². The Kier molecular flexibility index (Phi) is 8.93. The summed E-state index contributed by atoms with van der Waals surface area (Å²) in [4.78, 5) is 40.2. The van der Waals surface area contributed by atoms with E-state index in [-0.39, 0.29) is 36.1 Å². The highest BCUT2D eigenvalue weighted by Gasteiger charge is 2.42. The summed E-state index contributed by atoms with van der Waals surface area (Å²) in [7, 11) is 1.27. The molecular weight excluding hydrogens is 641 g/mol. The van der Waals surface area contributed by atoms with Gasteiger partial charge in [0.1, 0.15) is 35.9 Å². The lowest BCUT2D eigenvalue weighted by Crippen LogP contribution is -2.41. The van der Waals surface area contributed by atoms with Gasteiger partial charge >= 0.3 is 11.9 Å². The van der Waals surface area contributed by atoms with E-state index in [4.69, 9.17) is 25.8 Å². The third kappa shape index (κ3) is 7.03. The number of rotatable bonds is 8. The van der Waals surface area contributed by atoms with Crippen LogP contribution in [0.2, 0.25) is 5.02 Å². The van der Waals surface area contributed by atoms with Gasteiger partial charge in [-0.2, -0.15) is 10.2 Å². The Balaban J connectivity index is 1.20. The molecule has 3 aromatic carbocycles. The minimum atomic E-state index is -0.877. The van der Waals surface area contributed by atoms with E-state index in [1.165, 1.54) is 41.2 Å². The van der Waals surface area contributed by atoms with E-state index >= 15 is 0 Å². The van der Waals surface area contributed by atoms with Crippen molar-refractivity contribution in [1.82, 2.24) is 24.5 Å². The van der Waals surface area contributed by atoms with Crippen molar-refractivity contribution >= 4 is 40.3 Å². The molecule has 6 rings (SSSR count). The predicted octanol–water partition coefficient (Wildman–Crippen LogP) is 5.86. The van der Waals surface area contributed by atoms with Crippen molar-refractivity contribution in [2.75, 3.05) is 13.7 Å². The Morgan fingerprint density at radius 3 is 2.58 bits per heavy atom. The Labute approximate surface area is 280 Å². The molecule has 5 aromatic rings. The molecular formula is C35H33ClFN5O6. The molecule has 3 heterocycles. The number of nitrogens with zero attached hydrogens (tertiary/aromatic N) is 5. The average Bonchev–Trinajstić information content (AvgIpc) is 3.78. The van der Waals surface area contributed by atoms with Crippen molar-refractivity contribution in [2.45, 2.75) is 51.5 Å². The smallest absolute Gasteiger partial charge is 0.328 e. The molecule has 2 aromatic heterocycles. The molecule has 1 saturated heterocycles. The summed E-state index contributed by atoms with van der Waals surface area (Å²) in [5, 5.41) is 9.76. The molecule has 13 heteroatoms. The quantitative estimate of drug-likeness (QED) is 0.188. The molecule has 1 amide bonds. The van der Waals surface area contributed by atoms with Crippen LogP contribution in [0.4, 0.5) is 4.39 Å². The Bertz CT molecular complexity index is 2020. The van der Waals surface area contributed by atoms with Gasteiger partial charge in [-0.25, -0.2) is 13.9 Å². The Morgan fingerprint density at radius 2 is 1.83 bits per heavy atom. The Hall–Kier alpha value is -5.23. The summed E-state index contributed by atoms with van der Waals surface area (Å²) < 4.78 is 33.3. The largest absolute Gasteiger partial charge is 0.488 e. The number of aromatic nitrogens is 4. The van der Waals surface area contributed by atoms with E-state index in [1.807, 2.05) is 69.4 Å². The van der Waals surface area contributed by atoms with Gasteiger partial charge in [-0.3, -0.25) is 14.3 Å². The minimum Gasteiger partial charge on any atom is -0.488 e. The molecule has 11 nitrogen and oxygen atoms in total. The normalized spacial score (nSPS) is 16.2. The van der Waals surface area contributed by atoms with Gasteiger partial charge < -0.3 is 19.1 Å². The van der Waals surface area contributed by atoms with Crippen molar-refractivity contribution in [2.24, 2.45) is 0 Å². The predicted molar refractivity (Wildman–Crippen MR) is 175 cm³/mol. The minimum absolute atomic E-state index is 0.0203. The second-order valence-corrected chi connectivity index (χ2v) is 12.8. The van der Waals surface area contributed by atoms with Crippen molar-refractivity contribution in [3.63, 3.8) is 0 Å². The number of esters is 2. The SMILES string of the molecule is COC(=O)[C@@H]1C[C@H](Oc2cccc(-c3cccc4nn(CC(=O)OC(C)(C)C)cc34)c2)CN1C(=O)c1cnn(-c2ccc(F)cc2Cl)c1. The first-order valence-electron chi connectivity index (χ1n) is 15.2. The van der Waals surface area contributed by atoms with E-state index in [0.717, 1.165) is 28.1 Å². The fraction of sp³-hybridized carbons (Fsp3) is 0.286. The monoisotopic (exact) mass is 673 g/mol. The fourth-order valence-corrected chi connectivity index (χ4v) is 5.98.